The molecule has 1 aromatic carbocycles. The molecule has 1 aromatic heterocycles. The number of nitrogens with zero attached hydrogens (tertiary/aromatic N) is 2. The van der Waals surface area contributed by atoms with E-state index in [4.69, 9.17) is 10.6 Å². The lowest BCUT2D eigenvalue weighted by Gasteiger charge is -2.13. The quantitative estimate of drug-likeness (QED) is 0.405. The second-order valence-corrected chi connectivity index (χ2v) is 4.14. The fourth-order valence-corrected chi connectivity index (χ4v) is 1.88. The highest BCUT2D eigenvalue weighted by Gasteiger charge is 2.08. The number of nitrogens with two attached hydrogens (primary N) is 1. The average molecular weight is 273 g/mol. The van der Waals surface area contributed by atoms with Gasteiger partial charge in [0.05, 0.1) is 6.54 Å². The summed E-state index contributed by atoms with van der Waals surface area (Å²) in [6.07, 6.45) is 2.27. The van der Waals surface area contributed by atoms with Crippen LogP contribution in [-0.2, 0) is 6.42 Å². The number of aromatic nitrogens is 2. The van der Waals surface area contributed by atoms with Crippen molar-refractivity contribution in [3.8, 4) is 5.75 Å². The molecule has 1 heterocycles. The van der Waals surface area contributed by atoms with Crippen molar-refractivity contribution in [1.82, 2.24) is 9.97 Å². The van der Waals surface area contributed by atoms with Crippen molar-refractivity contribution in [1.29, 1.82) is 0 Å². The number of rotatable bonds is 7. The molecular weight excluding hydrogens is 254 g/mol. The zero-order chi connectivity index (χ0) is 14.2. The smallest absolute Gasteiger partial charge is 0.148 e. The molecule has 0 saturated heterocycles. The standard InChI is InChI=1S/C14H19N5O/c1-2-12-13(17-10-18-14(12)19-15)16-8-9-20-11-6-4-3-5-7-11/h3-7,10H,2,8-9,15H2,1H3,(H2,16,17,18,19). The van der Waals surface area contributed by atoms with E-state index in [1.165, 1.54) is 6.33 Å². The predicted molar refractivity (Wildman–Crippen MR) is 79.6 cm³/mol. The number of hydrogen-bond donors (Lipinski definition) is 3. The summed E-state index contributed by atoms with van der Waals surface area (Å²) in [6, 6.07) is 9.71. The van der Waals surface area contributed by atoms with Crippen molar-refractivity contribution in [3.63, 3.8) is 0 Å². The van der Waals surface area contributed by atoms with Gasteiger partial charge < -0.3 is 15.5 Å². The van der Waals surface area contributed by atoms with Gasteiger partial charge in [-0.1, -0.05) is 25.1 Å². The summed E-state index contributed by atoms with van der Waals surface area (Å²) in [7, 11) is 0. The van der Waals surface area contributed by atoms with E-state index in [1.54, 1.807) is 0 Å². The van der Waals surface area contributed by atoms with Gasteiger partial charge >= 0.3 is 0 Å². The average Bonchev–Trinajstić information content (AvgIpc) is 2.52. The Hall–Kier alpha value is -2.34. The van der Waals surface area contributed by atoms with Crippen LogP contribution in [0, 0.1) is 0 Å². The van der Waals surface area contributed by atoms with Crippen LogP contribution >= 0.6 is 0 Å². The van der Waals surface area contributed by atoms with Crippen LogP contribution in [0.4, 0.5) is 11.6 Å². The van der Waals surface area contributed by atoms with E-state index in [9.17, 15) is 0 Å². The molecule has 0 unspecified atom stereocenters. The van der Waals surface area contributed by atoms with Crippen molar-refractivity contribution in [2.45, 2.75) is 13.3 Å². The molecule has 0 aliphatic rings. The molecule has 0 fully saturated rings. The number of anilines is 2. The van der Waals surface area contributed by atoms with Crippen LogP contribution in [0.2, 0.25) is 0 Å². The monoisotopic (exact) mass is 273 g/mol. The van der Waals surface area contributed by atoms with Gasteiger partial charge in [-0.15, -0.1) is 0 Å². The molecule has 0 amide bonds. The summed E-state index contributed by atoms with van der Waals surface area (Å²) >= 11 is 0. The highest BCUT2D eigenvalue weighted by atomic mass is 16.5. The first-order valence-electron chi connectivity index (χ1n) is 6.57. The topological polar surface area (TPSA) is 85.1 Å². The van der Waals surface area contributed by atoms with Crippen LogP contribution in [0.25, 0.3) is 0 Å². The highest BCUT2D eigenvalue weighted by Crippen LogP contribution is 2.19. The first-order chi connectivity index (χ1) is 9.85. The van der Waals surface area contributed by atoms with Crippen molar-refractivity contribution in [3.05, 3.63) is 42.2 Å². The normalized spacial score (nSPS) is 10.1. The Bertz CT molecular complexity index is 532. The van der Waals surface area contributed by atoms with E-state index >= 15 is 0 Å². The van der Waals surface area contributed by atoms with Crippen LogP contribution < -0.4 is 21.3 Å². The van der Waals surface area contributed by atoms with E-state index in [0.717, 1.165) is 23.6 Å². The molecule has 2 aromatic rings. The van der Waals surface area contributed by atoms with E-state index in [0.29, 0.717) is 19.0 Å². The highest BCUT2D eigenvalue weighted by molar-refractivity contribution is 5.56. The number of nitrogens with one attached hydrogen (secondary N) is 2. The fraction of sp³-hybridized carbons (Fsp3) is 0.286. The summed E-state index contributed by atoms with van der Waals surface area (Å²) in [5, 5.41) is 3.24. The van der Waals surface area contributed by atoms with Crippen LogP contribution in [0.15, 0.2) is 36.7 Å². The third-order valence-corrected chi connectivity index (χ3v) is 2.84. The molecule has 0 radical (unpaired) electrons. The molecule has 0 saturated carbocycles. The Morgan fingerprint density at radius 1 is 1.15 bits per heavy atom. The minimum Gasteiger partial charge on any atom is -0.492 e. The third kappa shape index (κ3) is 3.58. The van der Waals surface area contributed by atoms with Gasteiger partial charge in [-0.3, -0.25) is 0 Å². The SMILES string of the molecule is CCc1c(NN)ncnc1NCCOc1ccccc1. The van der Waals surface area contributed by atoms with Crippen LogP contribution in [0.5, 0.6) is 5.75 Å². The maximum absolute atomic E-state index is 5.61. The second kappa shape index (κ2) is 7.30. The van der Waals surface area contributed by atoms with E-state index in [-0.39, 0.29) is 0 Å². The lowest BCUT2D eigenvalue weighted by atomic mass is 10.2. The maximum Gasteiger partial charge on any atom is 0.148 e. The zero-order valence-corrected chi connectivity index (χ0v) is 11.5. The zero-order valence-electron chi connectivity index (χ0n) is 11.5. The van der Waals surface area contributed by atoms with Gasteiger partial charge in [-0.05, 0) is 18.6 Å². The van der Waals surface area contributed by atoms with Crippen LogP contribution in [0.1, 0.15) is 12.5 Å². The van der Waals surface area contributed by atoms with Crippen molar-refractivity contribution in [2.24, 2.45) is 5.84 Å². The molecule has 0 aliphatic carbocycles. The number of ether oxygens (including phenoxy) is 1. The molecule has 4 N–H and O–H groups in total. The largest absolute Gasteiger partial charge is 0.492 e. The van der Waals surface area contributed by atoms with Crippen molar-refractivity contribution < 1.29 is 4.74 Å². The molecule has 0 bridgehead atoms. The summed E-state index contributed by atoms with van der Waals surface area (Å²) in [6.45, 7) is 3.25. The molecule has 106 valence electrons. The summed E-state index contributed by atoms with van der Waals surface area (Å²) in [4.78, 5) is 8.32. The number of benzene rings is 1. The lowest BCUT2D eigenvalue weighted by Crippen LogP contribution is -2.16. The minimum atomic E-state index is 0.558. The maximum atomic E-state index is 5.61. The van der Waals surface area contributed by atoms with Gasteiger partial charge in [0.1, 0.15) is 30.3 Å². The first-order valence-corrected chi connectivity index (χ1v) is 6.57. The van der Waals surface area contributed by atoms with Crippen LogP contribution in [0.3, 0.4) is 0 Å². The molecule has 20 heavy (non-hydrogen) atoms. The molecule has 0 spiro atoms. The van der Waals surface area contributed by atoms with E-state index in [1.807, 2.05) is 37.3 Å². The summed E-state index contributed by atoms with van der Waals surface area (Å²) < 4.78 is 5.61. The Kier molecular flexibility index (Phi) is 5.14. The molecule has 6 nitrogen and oxygen atoms in total. The van der Waals surface area contributed by atoms with Crippen LogP contribution in [-0.4, -0.2) is 23.1 Å². The fourth-order valence-electron chi connectivity index (χ4n) is 1.88. The molecule has 0 aliphatic heterocycles. The van der Waals surface area contributed by atoms with Crippen molar-refractivity contribution in [2.75, 3.05) is 23.9 Å². The van der Waals surface area contributed by atoms with Gasteiger partial charge in [0.2, 0.25) is 0 Å². The van der Waals surface area contributed by atoms with Crippen molar-refractivity contribution >= 4 is 11.6 Å². The van der Waals surface area contributed by atoms with Gasteiger partial charge in [0.15, 0.2) is 0 Å². The summed E-state index contributed by atoms with van der Waals surface area (Å²) in [5.41, 5.74) is 3.55. The Morgan fingerprint density at radius 2 is 1.90 bits per heavy atom. The molecular formula is C14H19N5O. The second-order valence-electron chi connectivity index (χ2n) is 4.14. The Balaban J connectivity index is 1.88. The number of hydrogen-bond acceptors (Lipinski definition) is 6. The number of nitrogen functional groups attached to an aromatic ring is 1. The predicted octanol–water partition coefficient (Wildman–Crippen LogP) is 1.82. The Labute approximate surface area is 118 Å². The molecule has 6 heteroatoms. The Morgan fingerprint density at radius 3 is 2.60 bits per heavy atom. The molecule has 0 atom stereocenters. The summed E-state index contributed by atoms with van der Waals surface area (Å²) in [5.74, 6) is 7.72. The number of para-hydroxylation sites is 1. The van der Waals surface area contributed by atoms with Gasteiger partial charge in [0, 0.05) is 5.56 Å². The number of hydrazine groups is 1. The third-order valence-electron chi connectivity index (χ3n) is 2.84. The van der Waals surface area contributed by atoms with E-state index < -0.39 is 0 Å². The van der Waals surface area contributed by atoms with E-state index in [2.05, 4.69) is 20.7 Å². The lowest BCUT2D eigenvalue weighted by molar-refractivity contribution is 0.332. The van der Waals surface area contributed by atoms with Gasteiger partial charge in [-0.2, -0.15) is 0 Å². The van der Waals surface area contributed by atoms with Gasteiger partial charge in [-0.25, -0.2) is 15.8 Å². The minimum absolute atomic E-state index is 0.558. The first kappa shape index (κ1) is 14.1. The molecule has 2 rings (SSSR count). The van der Waals surface area contributed by atoms with Gasteiger partial charge in [0.25, 0.3) is 0 Å².